The molecule has 3 aromatic rings. The third-order valence-electron chi connectivity index (χ3n) is 4.72. The Balaban J connectivity index is 1.52. The Morgan fingerprint density at radius 3 is 2.52 bits per heavy atom. The van der Waals surface area contributed by atoms with Gasteiger partial charge >= 0.3 is 0 Å². The van der Waals surface area contributed by atoms with E-state index in [1.807, 2.05) is 0 Å². The topological polar surface area (TPSA) is 52.6 Å². The number of benzene rings is 3. The zero-order valence-electron chi connectivity index (χ0n) is 16.2. The van der Waals surface area contributed by atoms with Gasteiger partial charge < -0.3 is 9.47 Å². The SMILES string of the molecule is Cc1cc(OCC(=O)c2ccc(Br)cc2)cc2c1C(=O)/C(=C/c1ccc(Cl)c(Cl)c1)O2. The van der Waals surface area contributed by atoms with Gasteiger partial charge in [-0.15, -0.1) is 0 Å². The van der Waals surface area contributed by atoms with Gasteiger partial charge in [0.2, 0.25) is 5.78 Å². The van der Waals surface area contributed by atoms with Crippen molar-refractivity contribution in [2.45, 2.75) is 6.92 Å². The highest BCUT2D eigenvalue weighted by molar-refractivity contribution is 9.10. The molecule has 0 saturated carbocycles. The second-order valence-corrected chi connectivity index (χ2v) is 8.68. The van der Waals surface area contributed by atoms with Gasteiger partial charge in [-0.1, -0.05) is 57.3 Å². The molecule has 0 bridgehead atoms. The first-order valence-electron chi connectivity index (χ1n) is 9.27. The van der Waals surface area contributed by atoms with E-state index in [-0.39, 0.29) is 23.9 Å². The number of carbonyl (C=O) groups is 2. The molecule has 4 nitrogen and oxygen atoms in total. The van der Waals surface area contributed by atoms with Gasteiger partial charge in [0.15, 0.2) is 18.1 Å². The van der Waals surface area contributed by atoms with Crippen molar-refractivity contribution in [2.75, 3.05) is 6.61 Å². The van der Waals surface area contributed by atoms with E-state index in [1.54, 1.807) is 67.6 Å². The maximum absolute atomic E-state index is 12.8. The third-order valence-corrected chi connectivity index (χ3v) is 5.99. The van der Waals surface area contributed by atoms with Crippen molar-refractivity contribution in [3.63, 3.8) is 0 Å². The lowest BCUT2D eigenvalue weighted by atomic mass is 10.0. The van der Waals surface area contributed by atoms with Crippen LogP contribution >= 0.6 is 39.1 Å². The van der Waals surface area contributed by atoms with Gasteiger partial charge in [-0.25, -0.2) is 0 Å². The van der Waals surface area contributed by atoms with Crippen molar-refractivity contribution >= 4 is 56.8 Å². The van der Waals surface area contributed by atoms with Crippen LogP contribution in [0, 0.1) is 6.92 Å². The van der Waals surface area contributed by atoms with Gasteiger partial charge in [0.05, 0.1) is 15.6 Å². The number of ketones is 2. The molecule has 0 fully saturated rings. The molecular formula is C24H15BrCl2O4. The van der Waals surface area contributed by atoms with Gasteiger partial charge in [0.1, 0.15) is 11.5 Å². The van der Waals surface area contributed by atoms with Crippen LogP contribution in [0.25, 0.3) is 6.08 Å². The number of carbonyl (C=O) groups excluding carboxylic acids is 2. The lowest BCUT2D eigenvalue weighted by molar-refractivity contribution is 0.0920. The summed E-state index contributed by atoms with van der Waals surface area (Å²) >= 11 is 15.3. The number of Topliss-reactive ketones (excluding diaryl/α,β-unsaturated/α-hetero) is 2. The predicted octanol–water partition coefficient (Wildman–Crippen LogP) is 6.94. The Morgan fingerprint density at radius 1 is 1.06 bits per heavy atom. The number of aryl methyl sites for hydroxylation is 1. The van der Waals surface area contributed by atoms with Crippen molar-refractivity contribution in [3.8, 4) is 11.5 Å². The van der Waals surface area contributed by atoms with Gasteiger partial charge in [-0.05, 0) is 54.5 Å². The molecule has 1 heterocycles. The highest BCUT2D eigenvalue weighted by Crippen LogP contribution is 2.38. The molecule has 3 aromatic carbocycles. The van der Waals surface area contributed by atoms with Crippen LogP contribution in [-0.2, 0) is 0 Å². The number of hydrogen-bond donors (Lipinski definition) is 0. The first kappa shape index (κ1) is 21.6. The summed E-state index contributed by atoms with van der Waals surface area (Å²) in [7, 11) is 0. The summed E-state index contributed by atoms with van der Waals surface area (Å²) in [6.45, 7) is 1.67. The number of fused-ring (bicyclic) bond motifs is 1. The van der Waals surface area contributed by atoms with Gasteiger partial charge in [-0.2, -0.15) is 0 Å². The predicted molar refractivity (Wildman–Crippen MR) is 125 cm³/mol. The first-order valence-corrected chi connectivity index (χ1v) is 10.8. The van der Waals surface area contributed by atoms with E-state index < -0.39 is 0 Å². The zero-order valence-corrected chi connectivity index (χ0v) is 19.3. The Kier molecular flexibility index (Phi) is 6.19. The molecule has 1 aliphatic heterocycles. The highest BCUT2D eigenvalue weighted by Gasteiger charge is 2.30. The van der Waals surface area contributed by atoms with Gasteiger partial charge in [0, 0.05) is 16.1 Å². The van der Waals surface area contributed by atoms with Crippen LogP contribution in [0.4, 0.5) is 0 Å². The molecular weight excluding hydrogens is 503 g/mol. The molecule has 0 atom stereocenters. The van der Waals surface area contributed by atoms with Crippen LogP contribution < -0.4 is 9.47 Å². The molecule has 7 heteroatoms. The number of halogens is 3. The average Bonchev–Trinajstić information content (AvgIpc) is 3.05. The molecule has 1 aliphatic rings. The van der Waals surface area contributed by atoms with Crippen LogP contribution in [0.1, 0.15) is 31.8 Å². The Bertz CT molecular complexity index is 1230. The zero-order chi connectivity index (χ0) is 22.1. The van der Waals surface area contributed by atoms with E-state index >= 15 is 0 Å². The summed E-state index contributed by atoms with van der Waals surface area (Å²) in [6, 6.07) is 15.4. The van der Waals surface area contributed by atoms with Crippen LogP contribution in [0.2, 0.25) is 10.0 Å². The third kappa shape index (κ3) is 4.69. The molecule has 31 heavy (non-hydrogen) atoms. The number of allylic oxidation sites excluding steroid dienone is 1. The number of hydrogen-bond acceptors (Lipinski definition) is 4. The fourth-order valence-electron chi connectivity index (χ4n) is 3.18. The van der Waals surface area contributed by atoms with Crippen LogP contribution in [0.5, 0.6) is 11.5 Å². The van der Waals surface area contributed by atoms with E-state index in [1.165, 1.54) is 0 Å². The van der Waals surface area contributed by atoms with Crippen molar-refractivity contribution in [1.29, 1.82) is 0 Å². The van der Waals surface area contributed by atoms with Gasteiger partial charge in [0.25, 0.3) is 0 Å². The minimum Gasteiger partial charge on any atom is -0.485 e. The summed E-state index contributed by atoms with van der Waals surface area (Å²) < 4.78 is 12.4. The lowest BCUT2D eigenvalue weighted by Gasteiger charge is -2.09. The van der Waals surface area contributed by atoms with E-state index in [0.717, 1.165) is 4.47 Å². The summed E-state index contributed by atoms with van der Waals surface area (Å²) in [5.74, 6) is 0.645. The number of rotatable bonds is 5. The molecule has 0 radical (unpaired) electrons. The molecule has 0 N–H and O–H groups in total. The average molecular weight is 518 g/mol. The molecule has 0 unspecified atom stereocenters. The molecule has 4 rings (SSSR count). The van der Waals surface area contributed by atoms with Gasteiger partial charge in [-0.3, -0.25) is 9.59 Å². The summed E-state index contributed by atoms with van der Waals surface area (Å²) in [5, 5.41) is 0.822. The lowest BCUT2D eigenvalue weighted by Crippen LogP contribution is -2.11. The monoisotopic (exact) mass is 516 g/mol. The molecule has 0 saturated heterocycles. The minimum absolute atomic E-state index is 0.125. The smallest absolute Gasteiger partial charge is 0.232 e. The molecule has 0 aromatic heterocycles. The van der Waals surface area contributed by atoms with E-state index in [0.29, 0.717) is 43.8 Å². The molecule has 0 spiro atoms. The minimum atomic E-state index is -0.226. The van der Waals surface area contributed by atoms with E-state index in [9.17, 15) is 9.59 Å². The van der Waals surface area contributed by atoms with Crippen LogP contribution in [0.3, 0.4) is 0 Å². The molecule has 0 amide bonds. The van der Waals surface area contributed by atoms with Crippen LogP contribution in [0.15, 0.2) is 64.8 Å². The maximum atomic E-state index is 12.8. The molecule has 156 valence electrons. The van der Waals surface area contributed by atoms with E-state index in [4.69, 9.17) is 32.7 Å². The second kappa shape index (κ2) is 8.87. The summed E-state index contributed by atoms with van der Waals surface area (Å²) in [5.41, 5.74) is 2.42. The highest BCUT2D eigenvalue weighted by atomic mass is 79.9. The second-order valence-electron chi connectivity index (χ2n) is 6.95. The summed E-state index contributed by atoms with van der Waals surface area (Å²) in [6.07, 6.45) is 1.61. The first-order chi connectivity index (χ1) is 14.8. The van der Waals surface area contributed by atoms with E-state index in [2.05, 4.69) is 15.9 Å². The van der Waals surface area contributed by atoms with Crippen molar-refractivity contribution < 1.29 is 19.1 Å². The fourth-order valence-corrected chi connectivity index (χ4v) is 3.75. The molecule has 0 aliphatic carbocycles. The van der Waals surface area contributed by atoms with Crippen LogP contribution in [-0.4, -0.2) is 18.2 Å². The summed E-state index contributed by atoms with van der Waals surface area (Å²) in [4.78, 5) is 25.2. The Morgan fingerprint density at radius 2 is 1.81 bits per heavy atom. The van der Waals surface area contributed by atoms with Crippen molar-refractivity contribution in [3.05, 3.63) is 97.1 Å². The largest absolute Gasteiger partial charge is 0.485 e. The quantitative estimate of drug-likeness (QED) is 0.271. The van der Waals surface area contributed by atoms with Crippen molar-refractivity contribution in [2.24, 2.45) is 0 Å². The van der Waals surface area contributed by atoms with Crippen molar-refractivity contribution in [1.82, 2.24) is 0 Å². The Hall–Kier alpha value is -2.60. The standard InChI is InChI=1S/C24H15BrCl2O4/c1-13-8-17(30-12-20(28)15-3-5-16(25)6-4-15)11-21-23(13)24(29)22(31-21)10-14-2-7-18(26)19(27)9-14/h2-11H,12H2,1H3/b22-10-. The maximum Gasteiger partial charge on any atom is 0.232 e. The normalized spacial score (nSPS) is 13.8. The number of ether oxygens (including phenoxy) is 2. The fraction of sp³-hybridized carbons (Fsp3) is 0.0833. The Labute approximate surface area is 197 Å².